The number of nitrogens with zero attached hydrogens (tertiary/aromatic N) is 3. The lowest BCUT2D eigenvalue weighted by atomic mass is 10.1. The molecule has 0 unspecified atom stereocenters. The number of hydrogen-bond acceptors (Lipinski definition) is 6. The summed E-state index contributed by atoms with van der Waals surface area (Å²) in [6.07, 6.45) is 3.29. The van der Waals surface area contributed by atoms with Gasteiger partial charge in [0.15, 0.2) is 11.5 Å². The first-order valence-corrected chi connectivity index (χ1v) is 11.2. The molecule has 1 atom stereocenters. The van der Waals surface area contributed by atoms with Crippen LogP contribution in [0.15, 0.2) is 18.2 Å². The smallest absolute Gasteiger partial charge is 0.161 e. The fourth-order valence-corrected chi connectivity index (χ4v) is 4.31. The molecule has 6 heteroatoms. The first-order chi connectivity index (χ1) is 14.0. The van der Waals surface area contributed by atoms with Crippen LogP contribution in [0.5, 0.6) is 11.5 Å². The second-order valence-corrected chi connectivity index (χ2v) is 8.72. The number of piperazine rings is 1. The summed E-state index contributed by atoms with van der Waals surface area (Å²) in [4.78, 5) is 7.36. The average molecular weight is 406 g/mol. The molecule has 0 aromatic heterocycles. The van der Waals surface area contributed by atoms with Crippen molar-refractivity contribution < 1.29 is 14.6 Å². The Morgan fingerprint density at radius 3 is 2.31 bits per heavy atom. The number of methoxy groups -OCH3 is 1. The standard InChI is InChI=1S/C23H39N3O3/c1-19(2)26-13-11-25(12-14-26)16-20-7-8-22(28-3)23(15-20)29-18-21(27)17-24-9-5-4-6-10-24/h7-8,15,19,21,27H,4-6,9-14,16-18H2,1-3H3/t21-/m0/s1. The molecule has 0 radical (unpaired) electrons. The van der Waals surface area contributed by atoms with Crippen LogP contribution in [0.25, 0.3) is 0 Å². The van der Waals surface area contributed by atoms with Crippen LogP contribution in [-0.4, -0.2) is 91.5 Å². The molecule has 6 nitrogen and oxygen atoms in total. The van der Waals surface area contributed by atoms with E-state index in [2.05, 4.69) is 40.7 Å². The minimum absolute atomic E-state index is 0.295. The molecule has 2 aliphatic rings. The number of β-amino-alcohol motifs (C(OH)–C–C–N with tert-alkyl or cyclic N) is 1. The Labute approximate surface area is 176 Å². The maximum atomic E-state index is 10.4. The summed E-state index contributed by atoms with van der Waals surface area (Å²) >= 11 is 0. The first-order valence-electron chi connectivity index (χ1n) is 11.2. The molecule has 2 aliphatic heterocycles. The van der Waals surface area contributed by atoms with Crippen LogP contribution in [0.2, 0.25) is 0 Å². The average Bonchev–Trinajstić information content (AvgIpc) is 2.73. The van der Waals surface area contributed by atoms with Gasteiger partial charge in [-0.05, 0) is 57.5 Å². The van der Waals surface area contributed by atoms with E-state index in [0.29, 0.717) is 19.2 Å². The zero-order valence-electron chi connectivity index (χ0n) is 18.5. The second kappa shape index (κ2) is 11.2. The molecule has 29 heavy (non-hydrogen) atoms. The van der Waals surface area contributed by atoms with E-state index in [-0.39, 0.29) is 0 Å². The fourth-order valence-electron chi connectivity index (χ4n) is 4.31. The zero-order valence-corrected chi connectivity index (χ0v) is 18.5. The molecule has 1 N–H and O–H groups in total. The predicted octanol–water partition coefficient (Wildman–Crippen LogP) is 2.45. The molecule has 164 valence electrons. The summed E-state index contributed by atoms with van der Waals surface area (Å²) in [6.45, 7) is 13.0. The highest BCUT2D eigenvalue weighted by molar-refractivity contribution is 5.43. The van der Waals surface area contributed by atoms with Crippen molar-refractivity contribution in [3.63, 3.8) is 0 Å². The molecular formula is C23H39N3O3. The largest absolute Gasteiger partial charge is 0.493 e. The molecule has 2 heterocycles. The third-order valence-electron chi connectivity index (χ3n) is 6.12. The Balaban J connectivity index is 1.51. The van der Waals surface area contributed by atoms with Gasteiger partial charge in [-0.15, -0.1) is 0 Å². The van der Waals surface area contributed by atoms with Crippen molar-refractivity contribution in [1.29, 1.82) is 0 Å². The number of ether oxygens (including phenoxy) is 2. The maximum absolute atomic E-state index is 10.4. The van der Waals surface area contributed by atoms with Crippen LogP contribution in [-0.2, 0) is 6.54 Å². The first kappa shape index (κ1) is 22.3. The zero-order chi connectivity index (χ0) is 20.6. The SMILES string of the molecule is COc1ccc(CN2CCN(C(C)C)CC2)cc1OC[C@@H](O)CN1CCCCC1. The lowest BCUT2D eigenvalue weighted by Crippen LogP contribution is -2.48. The van der Waals surface area contributed by atoms with Gasteiger partial charge in [-0.3, -0.25) is 9.80 Å². The van der Waals surface area contributed by atoms with Crippen molar-refractivity contribution in [2.45, 2.75) is 51.8 Å². The highest BCUT2D eigenvalue weighted by Gasteiger charge is 2.20. The van der Waals surface area contributed by atoms with E-state index in [4.69, 9.17) is 9.47 Å². The third-order valence-corrected chi connectivity index (χ3v) is 6.12. The number of hydrogen-bond donors (Lipinski definition) is 1. The normalized spacial score (nSPS) is 20.7. The van der Waals surface area contributed by atoms with Crippen molar-refractivity contribution in [3.05, 3.63) is 23.8 Å². The van der Waals surface area contributed by atoms with Gasteiger partial charge in [0.25, 0.3) is 0 Å². The molecule has 0 amide bonds. The Morgan fingerprint density at radius 1 is 0.931 bits per heavy atom. The molecule has 0 aliphatic carbocycles. The molecule has 0 spiro atoms. The fraction of sp³-hybridized carbons (Fsp3) is 0.739. The quantitative estimate of drug-likeness (QED) is 0.681. The molecule has 1 aromatic rings. The van der Waals surface area contributed by atoms with Gasteiger partial charge in [-0.25, -0.2) is 0 Å². The topological polar surface area (TPSA) is 48.4 Å². The second-order valence-electron chi connectivity index (χ2n) is 8.72. The summed E-state index contributed by atoms with van der Waals surface area (Å²) < 4.78 is 11.5. The third kappa shape index (κ3) is 6.85. The minimum Gasteiger partial charge on any atom is -0.493 e. The Hall–Kier alpha value is -1.34. The Bertz CT molecular complexity index is 611. The lowest BCUT2D eigenvalue weighted by molar-refractivity contribution is 0.0607. The summed E-state index contributed by atoms with van der Waals surface area (Å²) in [5.41, 5.74) is 1.23. The van der Waals surface area contributed by atoms with E-state index in [9.17, 15) is 5.11 Å². The van der Waals surface area contributed by atoms with Crippen molar-refractivity contribution in [2.24, 2.45) is 0 Å². The van der Waals surface area contributed by atoms with E-state index < -0.39 is 6.10 Å². The van der Waals surface area contributed by atoms with E-state index in [0.717, 1.165) is 57.3 Å². The molecule has 0 saturated carbocycles. The van der Waals surface area contributed by atoms with Gasteiger partial charge in [0.1, 0.15) is 12.7 Å². The van der Waals surface area contributed by atoms with E-state index in [1.165, 1.54) is 24.8 Å². The predicted molar refractivity (Wildman–Crippen MR) is 117 cm³/mol. The van der Waals surface area contributed by atoms with Crippen molar-refractivity contribution in [1.82, 2.24) is 14.7 Å². The van der Waals surface area contributed by atoms with Gasteiger partial charge in [0.2, 0.25) is 0 Å². The van der Waals surface area contributed by atoms with Gasteiger partial charge in [-0.2, -0.15) is 0 Å². The van der Waals surface area contributed by atoms with Crippen LogP contribution in [0, 0.1) is 0 Å². The number of likely N-dealkylation sites (tertiary alicyclic amines) is 1. The van der Waals surface area contributed by atoms with E-state index in [1.54, 1.807) is 7.11 Å². The van der Waals surface area contributed by atoms with Crippen LogP contribution >= 0.6 is 0 Å². The molecular weight excluding hydrogens is 366 g/mol. The van der Waals surface area contributed by atoms with Gasteiger partial charge < -0.3 is 19.5 Å². The molecule has 2 saturated heterocycles. The van der Waals surface area contributed by atoms with Crippen LogP contribution in [0.1, 0.15) is 38.7 Å². The highest BCUT2D eigenvalue weighted by Crippen LogP contribution is 2.29. The lowest BCUT2D eigenvalue weighted by Gasteiger charge is -2.37. The summed E-state index contributed by atoms with van der Waals surface area (Å²) in [5, 5.41) is 10.4. The van der Waals surface area contributed by atoms with Crippen molar-refractivity contribution in [3.8, 4) is 11.5 Å². The van der Waals surface area contributed by atoms with E-state index >= 15 is 0 Å². The molecule has 2 fully saturated rings. The van der Waals surface area contributed by atoms with Crippen molar-refractivity contribution in [2.75, 3.05) is 59.5 Å². The van der Waals surface area contributed by atoms with Gasteiger partial charge in [-0.1, -0.05) is 12.5 Å². The number of rotatable bonds is 9. The van der Waals surface area contributed by atoms with Crippen LogP contribution < -0.4 is 9.47 Å². The number of piperidine rings is 1. The molecule has 1 aromatic carbocycles. The van der Waals surface area contributed by atoms with Gasteiger partial charge >= 0.3 is 0 Å². The maximum Gasteiger partial charge on any atom is 0.161 e. The summed E-state index contributed by atoms with van der Waals surface area (Å²) in [6, 6.07) is 6.78. The minimum atomic E-state index is -0.481. The summed E-state index contributed by atoms with van der Waals surface area (Å²) in [5.74, 6) is 1.45. The number of aliphatic hydroxyl groups excluding tert-OH is 1. The van der Waals surface area contributed by atoms with Crippen molar-refractivity contribution >= 4 is 0 Å². The van der Waals surface area contributed by atoms with Gasteiger partial charge in [0.05, 0.1) is 7.11 Å². The monoisotopic (exact) mass is 405 g/mol. The number of benzene rings is 1. The molecule has 0 bridgehead atoms. The summed E-state index contributed by atoms with van der Waals surface area (Å²) in [7, 11) is 1.66. The van der Waals surface area contributed by atoms with Crippen LogP contribution in [0.4, 0.5) is 0 Å². The van der Waals surface area contributed by atoms with E-state index in [1.807, 2.05) is 6.07 Å². The van der Waals surface area contributed by atoms with Crippen LogP contribution in [0.3, 0.4) is 0 Å². The Kier molecular flexibility index (Phi) is 8.60. The van der Waals surface area contributed by atoms with Gasteiger partial charge in [0, 0.05) is 45.3 Å². The molecule has 3 rings (SSSR count). The number of aliphatic hydroxyl groups is 1. The highest BCUT2D eigenvalue weighted by atomic mass is 16.5. The Morgan fingerprint density at radius 2 is 1.66 bits per heavy atom.